The van der Waals surface area contributed by atoms with Crippen molar-refractivity contribution in [2.45, 2.75) is 24.8 Å². The Hall–Kier alpha value is -2.78. The SMILES string of the molecule is Cc1ccc([N+](=O)[O-])cc1S(=O)(=O)NCC1CC(=O)N(Cc2ccccc2)C1. The highest BCUT2D eigenvalue weighted by Gasteiger charge is 2.31. The summed E-state index contributed by atoms with van der Waals surface area (Å²) in [5.41, 5.74) is 1.16. The first-order valence-electron chi connectivity index (χ1n) is 8.82. The van der Waals surface area contributed by atoms with E-state index in [9.17, 15) is 23.3 Å². The van der Waals surface area contributed by atoms with Crippen molar-refractivity contribution < 1.29 is 18.1 Å². The summed E-state index contributed by atoms with van der Waals surface area (Å²) in [6, 6.07) is 13.3. The predicted molar refractivity (Wildman–Crippen MR) is 103 cm³/mol. The zero-order chi connectivity index (χ0) is 20.3. The van der Waals surface area contributed by atoms with Crippen molar-refractivity contribution >= 4 is 21.6 Å². The van der Waals surface area contributed by atoms with Crippen LogP contribution in [0.15, 0.2) is 53.4 Å². The van der Waals surface area contributed by atoms with Gasteiger partial charge >= 0.3 is 0 Å². The number of aryl methyl sites for hydroxylation is 1. The van der Waals surface area contributed by atoms with Crippen LogP contribution >= 0.6 is 0 Å². The van der Waals surface area contributed by atoms with E-state index < -0.39 is 14.9 Å². The van der Waals surface area contributed by atoms with Gasteiger partial charge in [0.2, 0.25) is 15.9 Å². The quantitative estimate of drug-likeness (QED) is 0.563. The number of nitrogens with zero attached hydrogens (tertiary/aromatic N) is 2. The normalized spacial score (nSPS) is 17.1. The average molecular weight is 403 g/mol. The van der Waals surface area contributed by atoms with E-state index in [0.29, 0.717) is 18.7 Å². The molecule has 1 saturated heterocycles. The molecule has 1 aliphatic rings. The van der Waals surface area contributed by atoms with Crippen LogP contribution in [-0.2, 0) is 21.4 Å². The Balaban J connectivity index is 1.65. The van der Waals surface area contributed by atoms with Gasteiger partial charge < -0.3 is 4.90 Å². The minimum atomic E-state index is -3.91. The topological polar surface area (TPSA) is 110 Å². The first kappa shape index (κ1) is 20.0. The Labute approximate surface area is 163 Å². The fourth-order valence-electron chi connectivity index (χ4n) is 3.24. The molecule has 0 saturated carbocycles. The molecule has 8 nitrogen and oxygen atoms in total. The molecule has 0 aliphatic carbocycles. The van der Waals surface area contributed by atoms with Crippen molar-refractivity contribution in [3.63, 3.8) is 0 Å². The number of hydrogen-bond donors (Lipinski definition) is 1. The van der Waals surface area contributed by atoms with Gasteiger partial charge in [0, 0.05) is 38.2 Å². The number of non-ortho nitro benzene ring substituents is 1. The number of carbonyl (C=O) groups is 1. The third-order valence-electron chi connectivity index (χ3n) is 4.74. The number of nitro groups is 1. The van der Waals surface area contributed by atoms with Gasteiger partial charge in [-0.3, -0.25) is 14.9 Å². The van der Waals surface area contributed by atoms with Crippen LogP contribution in [0.1, 0.15) is 17.5 Å². The second-order valence-corrected chi connectivity index (χ2v) is 8.62. The first-order chi connectivity index (χ1) is 13.3. The summed E-state index contributed by atoms with van der Waals surface area (Å²) in [4.78, 5) is 24.1. The summed E-state index contributed by atoms with van der Waals surface area (Å²) in [5.74, 6) is -0.162. The van der Waals surface area contributed by atoms with Gasteiger partial charge in [-0.2, -0.15) is 0 Å². The van der Waals surface area contributed by atoms with Crippen LogP contribution in [0.2, 0.25) is 0 Å². The number of rotatable bonds is 7. The van der Waals surface area contributed by atoms with Crippen LogP contribution in [0.5, 0.6) is 0 Å². The summed E-state index contributed by atoms with van der Waals surface area (Å²) < 4.78 is 27.7. The maximum Gasteiger partial charge on any atom is 0.270 e. The van der Waals surface area contributed by atoms with Crippen molar-refractivity contribution in [2.75, 3.05) is 13.1 Å². The van der Waals surface area contributed by atoms with Gasteiger partial charge in [0.1, 0.15) is 0 Å². The molecule has 1 amide bonds. The van der Waals surface area contributed by atoms with Gasteiger partial charge in [-0.25, -0.2) is 13.1 Å². The minimum absolute atomic E-state index is 0.0143. The Morgan fingerprint density at radius 2 is 1.93 bits per heavy atom. The molecule has 28 heavy (non-hydrogen) atoms. The lowest BCUT2D eigenvalue weighted by atomic mass is 10.1. The van der Waals surface area contributed by atoms with Gasteiger partial charge in [-0.15, -0.1) is 0 Å². The lowest BCUT2D eigenvalue weighted by Crippen LogP contribution is -2.31. The smallest absolute Gasteiger partial charge is 0.270 e. The molecule has 1 unspecified atom stereocenters. The Kier molecular flexibility index (Phi) is 5.76. The Morgan fingerprint density at radius 3 is 2.61 bits per heavy atom. The van der Waals surface area contributed by atoms with E-state index in [0.717, 1.165) is 11.6 Å². The van der Waals surface area contributed by atoms with Crippen LogP contribution in [0.3, 0.4) is 0 Å². The van der Waals surface area contributed by atoms with Crippen molar-refractivity contribution in [1.82, 2.24) is 9.62 Å². The average Bonchev–Trinajstić information content (AvgIpc) is 3.00. The van der Waals surface area contributed by atoms with Gasteiger partial charge in [-0.05, 0) is 24.0 Å². The zero-order valence-corrected chi connectivity index (χ0v) is 16.2. The number of likely N-dealkylation sites (tertiary alicyclic amines) is 1. The van der Waals surface area contributed by atoms with Crippen LogP contribution in [0.4, 0.5) is 5.69 Å². The maximum absolute atomic E-state index is 12.6. The molecule has 2 aromatic carbocycles. The van der Waals surface area contributed by atoms with Crippen molar-refractivity contribution in [1.29, 1.82) is 0 Å². The second kappa shape index (κ2) is 8.07. The second-order valence-electron chi connectivity index (χ2n) is 6.89. The van der Waals surface area contributed by atoms with Crippen LogP contribution in [-0.4, -0.2) is 37.2 Å². The number of amides is 1. The molecule has 0 bridgehead atoms. The lowest BCUT2D eigenvalue weighted by Gasteiger charge is -2.17. The fraction of sp³-hybridized carbons (Fsp3) is 0.316. The van der Waals surface area contributed by atoms with Gasteiger partial charge in [0.15, 0.2) is 0 Å². The molecule has 1 heterocycles. The predicted octanol–water partition coefficient (Wildman–Crippen LogP) is 2.23. The number of hydrogen-bond acceptors (Lipinski definition) is 5. The van der Waals surface area contributed by atoms with E-state index in [2.05, 4.69) is 4.72 Å². The van der Waals surface area contributed by atoms with Crippen molar-refractivity contribution in [2.24, 2.45) is 5.92 Å². The van der Waals surface area contributed by atoms with E-state index in [1.165, 1.54) is 12.1 Å². The summed E-state index contributed by atoms with van der Waals surface area (Å²) in [7, 11) is -3.91. The molecule has 1 N–H and O–H groups in total. The standard InChI is InChI=1S/C19H21N3O5S/c1-14-7-8-17(22(24)25)10-18(14)28(26,27)20-11-16-9-19(23)21(13-16)12-15-5-3-2-4-6-15/h2-8,10,16,20H,9,11-13H2,1H3. The third kappa shape index (κ3) is 4.55. The number of sulfonamides is 1. The molecule has 1 aliphatic heterocycles. The summed E-state index contributed by atoms with van der Waals surface area (Å²) >= 11 is 0. The summed E-state index contributed by atoms with van der Waals surface area (Å²) in [6.07, 6.45) is 0.267. The minimum Gasteiger partial charge on any atom is -0.338 e. The molecule has 148 valence electrons. The van der Waals surface area contributed by atoms with Gasteiger partial charge in [0.05, 0.1) is 9.82 Å². The van der Waals surface area contributed by atoms with Crippen LogP contribution in [0.25, 0.3) is 0 Å². The number of nitrogens with one attached hydrogen (secondary N) is 1. The molecule has 9 heteroatoms. The third-order valence-corrected chi connectivity index (χ3v) is 6.31. The summed E-state index contributed by atoms with van der Waals surface area (Å²) in [5, 5.41) is 10.9. The van der Waals surface area contributed by atoms with E-state index in [-0.39, 0.29) is 35.4 Å². The fourth-order valence-corrected chi connectivity index (χ4v) is 4.62. The van der Waals surface area contributed by atoms with Crippen LogP contribution in [0, 0.1) is 23.0 Å². The molecular formula is C19H21N3O5S. The highest BCUT2D eigenvalue weighted by molar-refractivity contribution is 7.89. The number of benzene rings is 2. The molecule has 1 atom stereocenters. The van der Waals surface area contributed by atoms with E-state index in [1.54, 1.807) is 11.8 Å². The molecule has 0 radical (unpaired) electrons. The highest BCUT2D eigenvalue weighted by atomic mass is 32.2. The van der Waals surface area contributed by atoms with E-state index in [1.807, 2.05) is 30.3 Å². The van der Waals surface area contributed by atoms with Crippen molar-refractivity contribution in [3.8, 4) is 0 Å². The monoisotopic (exact) mass is 403 g/mol. The molecule has 3 rings (SSSR count). The first-order valence-corrected chi connectivity index (χ1v) is 10.3. The Bertz CT molecular complexity index is 992. The zero-order valence-electron chi connectivity index (χ0n) is 15.4. The van der Waals surface area contributed by atoms with E-state index >= 15 is 0 Å². The largest absolute Gasteiger partial charge is 0.338 e. The van der Waals surface area contributed by atoms with Gasteiger partial charge in [-0.1, -0.05) is 36.4 Å². The van der Waals surface area contributed by atoms with Crippen LogP contribution < -0.4 is 4.72 Å². The molecule has 2 aromatic rings. The molecule has 0 aromatic heterocycles. The number of carbonyl (C=O) groups excluding carboxylic acids is 1. The summed E-state index contributed by atoms with van der Waals surface area (Å²) in [6.45, 7) is 2.64. The van der Waals surface area contributed by atoms with E-state index in [4.69, 9.17) is 0 Å². The van der Waals surface area contributed by atoms with Gasteiger partial charge in [0.25, 0.3) is 5.69 Å². The Morgan fingerprint density at radius 1 is 1.21 bits per heavy atom. The molecule has 1 fully saturated rings. The van der Waals surface area contributed by atoms with Crippen molar-refractivity contribution in [3.05, 3.63) is 69.8 Å². The molecule has 0 spiro atoms. The molecular weight excluding hydrogens is 382 g/mol. The highest BCUT2D eigenvalue weighted by Crippen LogP contribution is 2.23. The number of nitro benzene ring substituents is 1. The lowest BCUT2D eigenvalue weighted by molar-refractivity contribution is -0.385. The maximum atomic E-state index is 12.6.